The molecule has 0 saturated heterocycles. The second kappa shape index (κ2) is 10.6. The number of rotatable bonds is 9. The van der Waals surface area contributed by atoms with Gasteiger partial charge in [0.1, 0.15) is 29.4 Å². The number of carbonyl (C=O) groups is 2. The highest BCUT2D eigenvalue weighted by Gasteiger charge is 2.39. The van der Waals surface area contributed by atoms with E-state index in [9.17, 15) is 27.9 Å². The summed E-state index contributed by atoms with van der Waals surface area (Å²) in [5.74, 6) is -3.15. The maximum absolute atomic E-state index is 13.6. The summed E-state index contributed by atoms with van der Waals surface area (Å²) >= 11 is 0. The molecule has 3 aromatic rings. The molecule has 0 radical (unpaired) electrons. The van der Waals surface area contributed by atoms with Crippen LogP contribution in [-0.2, 0) is 25.9 Å². The van der Waals surface area contributed by atoms with Gasteiger partial charge < -0.3 is 19.7 Å². The maximum Gasteiger partial charge on any atom is 0.423 e. The number of phenolic OH excluding ortho intramolecular Hbond substituents is 1. The van der Waals surface area contributed by atoms with Crippen LogP contribution in [0.5, 0.6) is 11.5 Å². The van der Waals surface area contributed by atoms with Gasteiger partial charge >= 0.3 is 6.18 Å². The Bertz CT molecular complexity index is 1200. The summed E-state index contributed by atoms with van der Waals surface area (Å²) in [4.78, 5) is 28.4. The zero-order valence-electron chi connectivity index (χ0n) is 19.5. The predicted molar refractivity (Wildman–Crippen MR) is 122 cm³/mol. The number of aryl methyl sites for hydroxylation is 1. The number of alkyl halides is 3. The molecule has 0 saturated carbocycles. The minimum atomic E-state index is -4.91. The molecule has 0 bridgehead atoms. The largest absolute Gasteiger partial charge is 0.506 e. The number of nitrogens with zero attached hydrogens (tertiary/aromatic N) is 2. The SMILES string of the molecule is CCn1cncc1C(=O)NCc1ccc(COc2ccc(C(=O)C(C)C)c(O)c2C(F)(F)F)cc1. The molecule has 0 atom stereocenters. The quantitative estimate of drug-likeness (QED) is 0.414. The molecule has 0 aliphatic heterocycles. The standard InChI is InChI=1S/C25H26F3N3O4/c1-4-31-14-29-12-19(31)24(34)30-11-16-5-7-17(8-6-16)13-35-20-10-9-18(22(32)15(2)3)23(33)21(20)25(26,27)28/h5-10,12,14-15,33H,4,11,13H2,1-3H3,(H,30,34). The van der Waals surface area contributed by atoms with Crippen LogP contribution in [0.25, 0.3) is 0 Å². The third-order valence-corrected chi connectivity index (χ3v) is 5.37. The number of imidazole rings is 1. The highest BCUT2D eigenvalue weighted by atomic mass is 19.4. The van der Waals surface area contributed by atoms with Crippen LogP contribution in [0.15, 0.2) is 48.9 Å². The van der Waals surface area contributed by atoms with Crippen molar-refractivity contribution < 1.29 is 32.6 Å². The number of phenols is 1. The molecule has 0 fully saturated rings. The highest BCUT2D eigenvalue weighted by Crippen LogP contribution is 2.44. The summed E-state index contributed by atoms with van der Waals surface area (Å²) in [6.45, 7) is 5.65. The Balaban J connectivity index is 1.68. The molecule has 7 nitrogen and oxygen atoms in total. The van der Waals surface area contributed by atoms with Crippen LogP contribution in [0, 0.1) is 5.92 Å². The average Bonchev–Trinajstić information content (AvgIpc) is 3.29. The summed E-state index contributed by atoms with van der Waals surface area (Å²) in [7, 11) is 0. The molecular formula is C25H26F3N3O4. The number of ketones is 1. The first-order chi connectivity index (χ1) is 16.5. The Morgan fingerprint density at radius 2 is 1.77 bits per heavy atom. The van der Waals surface area contributed by atoms with Crippen LogP contribution in [-0.4, -0.2) is 26.3 Å². The molecular weight excluding hydrogens is 463 g/mol. The molecule has 0 unspecified atom stereocenters. The first kappa shape index (κ1) is 25.8. The van der Waals surface area contributed by atoms with E-state index >= 15 is 0 Å². The van der Waals surface area contributed by atoms with Gasteiger partial charge in [0.05, 0.1) is 18.1 Å². The van der Waals surface area contributed by atoms with Crippen molar-refractivity contribution in [1.29, 1.82) is 0 Å². The van der Waals surface area contributed by atoms with Gasteiger partial charge in [-0.25, -0.2) is 4.98 Å². The van der Waals surface area contributed by atoms with E-state index in [1.54, 1.807) is 35.2 Å². The summed E-state index contributed by atoms with van der Waals surface area (Å²) in [5.41, 5.74) is 0.0407. The lowest BCUT2D eigenvalue weighted by Crippen LogP contribution is -2.25. The number of aromatic hydroxyl groups is 1. The number of nitrogens with one attached hydrogen (secondary N) is 1. The van der Waals surface area contributed by atoms with Gasteiger partial charge in [0, 0.05) is 19.0 Å². The number of ether oxygens (including phenoxy) is 1. The van der Waals surface area contributed by atoms with Gasteiger partial charge in [0.15, 0.2) is 5.78 Å². The van der Waals surface area contributed by atoms with Crippen molar-refractivity contribution >= 4 is 11.7 Å². The van der Waals surface area contributed by atoms with Crippen molar-refractivity contribution in [2.75, 3.05) is 0 Å². The third kappa shape index (κ3) is 6.00. The Morgan fingerprint density at radius 3 is 2.37 bits per heavy atom. The Kier molecular flexibility index (Phi) is 7.83. The number of hydrogen-bond donors (Lipinski definition) is 2. The molecule has 0 spiro atoms. The van der Waals surface area contributed by atoms with Gasteiger partial charge in [-0.15, -0.1) is 0 Å². The smallest absolute Gasteiger partial charge is 0.423 e. The summed E-state index contributed by atoms with van der Waals surface area (Å²) < 4.78 is 48.0. The average molecular weight is 489 g/mol. The van der Waals surface area contributed by atoms with Gasteiger partial charge in [-0.3, -0.25) is 9.59 Å². The molecule has 1 heterocycles. The zero-order valence-corrected chi connectivity index (χ0v) is 19.5. The first-order valence-electron chi connectivity index (χ1n) is 11.0. The van der Waals surface area contributed by atoms with Crippen molar-refractivity contribution in [3.05, 3.63) is 76.9 Å². The molecule has 1 amide bonds. The molecule has 0 aliphatic rings. The van der Waals surface area contributed by atoms with Gasteiger partial charge in [0.2, 0.25) is 0 Å². The first-order valence-corrected chi connectivity index (χ1v) is 11.0. The zero-order chi connectivity index (χ0) is 25.8. The number of hydrogen-bond acceptors (Lipinski definition) is 5. The minimum absolute atomic E-state index is 0.192. The minimum Gasteiger partial charge on any atom is -0.506 e. The number of aromatic nitrogens is 2. The van der Waals surface area contributed by atoms with Crippen LogP contribution in [0.4, 0.5) is 13.2 Å². The number of Topliss-reactive ketones (excluding diaryl/α,β-unsaturated/α-hetero) is 1. The number of benzene rings is 2. The normalized spacial score (nSPS) is 11.5. The fourth-order valence-corrected chi connectivity index (χ4v) is 3.43. The lowest BCUT2D eigenvalue weighted by atomic mass is 9.97. The summed E-state index contributed by atoms with van der Waals surface area (Å²) in [5, 5.41) is 13.0. The van der Waals surface area contributed by atoms with E-state index in [1.165, 1.54) is 20.0 Å². The Labute approximate surface area is 200 Å². The fraction of sp³-hybridized carbons (Fsp3) is 0.320. The van der Waals surface area contributed by atoms with E-state index in [0.717, 1.165) is 17.7 Å². The van der Waals surface area contributed by atoms with E-state index in [1.807, 2.05) is 6.92 Å². The van der Waals surface area contributed by atoms with Gasteiger partial charge in [-0.05, 0) is 30.2 Å². The Morgan fingerprint density at radius 1 is 1.11 bits per heavy atom. The molecule has 2 N–H and O–H groups in total. The van der Waals surface area contributed by atoms with Gasteiger partial charge in [-0.2, -0.15) is 13.2 Å². The van der Waals surface area contributed by atoms with Gasteiger partial charge in [0.25, 0.3) is 5.91 Å². The monoisotopic (exact) mass is 489 g/mol. The molecule has 2 aromatic carbocycles. The number of carbonyl (C=O) groups excluding carboxylic acids is 2. The van der Waals surface area contributed by atoms with Crippen LogP contribution < -0.4 is 10.1 Å². The maximum atomic E-state index is 13.6. The molecule has 186 valence electrons. The fourth-order valence-electron chi connectivity index (χ4n) is 3.43. The second-order valence-electron chi connectivity index (χ2n) is 8.20. The molecule has 3 rings (SSSR count). The molecule has 10 heteroatoms. The van der Waals surface area contributed by atoms with E-state index < -0.39 is 40.5 Å². The summed E-state index contributed by atoms with van der Waals surface area (Å²) in [6.07, 6.45) is -1.86. The number of halogens is 3. The predicted octanol–water partition coefficient (Wildman–Crippen LogP) is 4.98. The molecule has 1 aromatic heterocycles. The number of amides is 1. The molecule has 0 aliphatic carbocycles. The van der Waals surface area contributed by atoms with E-state index in [2.05, 4.69) is 10.3 Å². The van der Waals surface area contributed by atoms with Crippen molar-refractivity contribution in [2.24, 2.45) is 5.92 Å². The van der Waals surface area contributed by atoms with Crippen molar-refractivity contribution in [3.8, 4) is 11.5 Å². The van der Waals surface area contributed by atoms with Crippen molar-refractivity contribution in [1.82, 2.24) is 14.9 Å². The van der Waals surface area contributed by atoms with Crippen LogP contribution in [0.1, 0.15) is 58.3 Å². The van der Waals surface area contributed by atoms with E-state index in [-0.39, 0.29) is 19.1 Å². The van der Waals surface area contributed by atoms with Crippen LogP contribution in [0.3, 0.4) is 0 Å². The van der Waals surface area contributed by atoms with E-state index in [0.29, 0.717) is 17.8 Å². The van der Waals surface area contributed by atoms with Crippen molar-refractivity contribution in [3.63, 3.8) is 0 Å². The highest BCUT2D eigenvalue weighted by molar-refractivity contribution is 6.00. The van der Waals surface area contributed by atoms with Crippen molar-refractivity contribution in [2.45, 2.75) is 46.6 Å². The van der Waals surface area contributed by atoms with Gasteiger partial charge in [-0.1, -0.05) is 38.1 Å². The van der Waals surface area contributed by atoms with Crippen LogP contribution in [0.2, 0.25) is 0 Å². The summed E-state index contributed by atoms with van der Waals surface area (Å²) in [6, 6.07) is 8.97. The molecule has 35 heavy (non-hydrogen) atoms. The van der Waals surface area contributed by atoms with Crippen LogP contribution >= 0.6 is 0 Å². The third-order valence-electron chi connectivity index (χ3n) is 5.37. The topological polar surface area (TPSA) is 93.5 Å². The lowest BCUT2D eigenvalue weighted by Gasteiger charge is -2.18. The van der Waals surface area contributed by atoms with E-state index in [4.69, 9.17) is 4.74 Å². The second-order valence-corrected chi connectivity index (χ2v) is 8.20. The lowest BCUT2D eigenvalue weighted by molar-refractivity contribution is -0.140. The Hall–Kier alpha value is -3.82.